The van der Waals surface area contributed by atoms with E-state index in [0.717, 1.165) is 0 Å². The Hall–Kier alpha value is -2.62. The van der Waals surface area contributed by atoms with Crippen LogP contribution < -0.4 is 10.0 Å². The highest BCUT2D eigenvalue weighted by Gasteiger charge is 2.35. The summed E-state index contributed by atoms with van der Waals surface area (Å²) in [5, 5.41) is 8.86. The molecule has 4 rings (SSSR count). The first kappa shape index (κ1) is 13.1. The molecule has 22 heavy (non-hydrogen) atoms. The molecule has 0 unspecified atom stereocenters. The van der Waals surface area contributed by atoms with Crippen molar-refractivity contribution in [1.29, 1.82) is 0 Å². The van der Waals surface area contributed by atoms with Crippen molar-refractivity contribution in [3.8, 4) is 0 Å². The quantitative estimate of drug-likeness (QED) is 0.739. The third kappa shape index (κ3) is 1.52. The van der Waals surface area contributed by atoms with E-state index in [0.29, 0.717) is 0 Å². The van der Waals surface area contributed by atoms with Gasteiger partial charge in [0.1, 0.15) is 0 Å². The van der Waals surface area contributed by atoms with Crippen LogP contribution in [-0.4, -0.2) is 38.2 Å². The molecule has 0 saturated carbocycles. The van der Waals surface area contributed by atoms with Crippen LogP contribution in [0.1, 0.15) is 11.1 Å². The molecule has 0 aromatic heterocycles. The fraction of sp³-hybridized carbons (Fsp3) is 0.222. The number of fused-ring (bicyclic) bond motifs is 2. The maximum atomic E-state index is 2.23. The lowest BCUT2D eigenvalue weighted by molar-refractivity contribution is 0.459. The van der Waals surface area contributed by atoms with E-state index in [2.05, 4.69) is 96.8 Å². The van der Waals surface area contributed by atoms with Gasteiger partial charge in [-0.05, 0) is 12.1 Å². The van der Waals surface area contributed by atoms with Crippen LogP contribution in [0.4, 0.5) is 11.4 Å². The van der Waals surface area contributed by atoms with Crippen molar-refractivity contribution in [1.82, 2.24) is 10.0 Å². The Balaban J connectivity index is 2.03. The van der Waals surface area contributed by atoms with Crippen molar-refractivity contribution in [3.63, 3.8) is 0 Å². The lowest BCUT2D eigenvalue weighted by atomic mass is 10.0. The van der Waals surface area contributed by atoms with Gasteiger partial charge in [-0.3, -0.25) is 20.0 Å². The number of nitrogens with zero attached hydrogens (tertiary/aromatic N) is 4. The molecule has 0 amide bonds. The predicted molar refractivity (Wildman–Crippen MR) is 92.0 cm³/mol. The highest BCUT2D eigenvalue weighted by atomic mass is 15.7. The van der Waals surface area contributed by atoms with Crippen molar-refractivity contribution >= 4 is 22.8 Å². The highest BCUT2D eigenvalue weighted by Crippen LogP contribution is 2.46. The minimum absolute atomic E-state index is 1.24. The van der Waals surface area contributed by atoms with Crippen LogP contribution in [0.15, 0.2) is 48.5 Å². The van der Waals surface area contributed by atoms with Crippen molar-refractivity contribution in [3.05, 3.63) is 59.7 Å². The third-order valence-corrected chi connectivity index (χ3v) is 4.79. The molecule has 0 saturated heterocycles. The molecule has 0 spiro atoms. The molecule has 2 aromatic carbocycles. The molecule has 2 aromatic rings. The van der Waals surface area contributed by atoms with Crippen molar-refractivity contribution in [2.75, 3.05) is 38.2 Å². The zero-order valence-corrected chi connectivity index (χ0v) is 13.4. The summed E-state index contributed by atoms with van der Waals surface area (Å²) in [5.74, 6) is 0. The Morgan fingerprint density at radius 2 is 0.864 bits per heavy atom. The fourth-order valence-corrected chi connectivity index (χ4v) is 3.45. The van der Waals surface area contributed by atoms with Crippen LogP contribution in [0.25, 0.3) is 11.4 Å². The van der Waals surface area contributed by atoms with E-state index < -0.39 is 0 Å². The van der Waals surface area contributed by atoms with Gasteiger partial charge >= 0.3 is 0 Å². The van der Waals surface area contributed by atoms with Crippen LogP contribution >= 0.6 is 0 Å². The second kappa shape index (κ2) is 4.44. The minimum atomic E-state index is 1.24. The molecular weight excluding hydrogens is 272 g/mol. The number of rotatable bonds is 0. The van der Waals surface area contributed by atoms with Crippen molar-refractivity contribution in [2.45, 2.75) is 0 Å². The summed E-state index contributed by atoms with van der Waals surface area (Å²) in [6, 6.07) is 17.1. The standard InChI is InChI=1S/C18H20N4/c1-19-15-11-7-5-9-13(15)17(21(19)3)18-14-10-6-8-12-16(14)20(2)22(18)4/h5-12H,1-4H3/b18-17+. The Bertz CT molecular complexity index is 715. The zero-order chi connectivity index (χ0) is 15.4. The monoisotopic (exact) mass is 292 g/mol. The first-order valence-corrected chi connectivity index (χ1v) is 7.49. The number of hydrogen-bond donors (Lipinski definition) is 0. The van der Waals surface area contributed by atoms with Gasteiger partial charge in [0, 0.05) is 39.3 Å². The van der Waals surface area contributed by atoms with Crippen LogP contribution in [0, 0.1) is 0 Å². The lowest BCUT2D eigenvalue weighted by Crippen LogP contribution is -2.33. The number of anilines is 2. The number of hydrazine groups is 2. The molecule has 4 heteroatoms. The first-order chi connectivity index (χ1) is 10.6. The SMILES string of the molecule is CN1/C(=C2\c3ccccc3N(C)N2C)c2ccccc2N1C. The highest BCUT2D eigenvalue weighted by molar-refractivity contribution is 6.00. The smallest absolute Gasteiger partial charge is 0.0923 e. The summed E-state index contributed by atoms with van der Waals surface area (Å²) >= 11 is 0. The van der Waals surface area contributed by atoms with Gasteiger partial charge in [-0.25, -0.2) is 0 Å². The largest absolute Gasteiger partial charge is 0.288 e. The van der Waals surface area contributed by atoms with Crippen LogP contribution in [0.2, 0.25) is 0 Å². The average molecular weight is 292 g/mol. The van der Waals surface area contributed by atoms with E-state index in [1.165, 1.54) is 33.9 Å². The van der Waals surface area contributed by atoms with E-state index in [4.69, 9.17) is 0 Å². The van der Waals surface area contributed by atoms with Gasteiger partial charge in [0.15, 0.2) is 0 Å². The number of hydrogen-bond acceptors (Lipinski definition) is 4. The molecule has 0 bridgehead atoms. The predicted octanol–water partition coefficient (Wildman–Crippen LogP) is 3.11. The maximum absolute atomic E-state index is 2.23. The second-order valence-corrected chi connectivity index (χ2v) is 5.83. The van der Waals surface area contributed by atoms with E-state index in [1.54, 1.807) is 0 Å². The van der Waals surface area contributed by atoms with Crippen molar-refractivity contribution in [2.24, 2.45) is 0 Å². The number of benzene rings is 2. The number of para-hydroxylation sites is 2. The van der Waals surface area contributed by atoms with E-state index >= 15 is 0 Å². The topological polar surface area (TPSA) is 13.0 Å². The molecular formula is C18H20N4. The Kier molecular flexibility index (Phi) is 2.64. The zero-order valence-electron chi connectivity index (χ0n) is 13.4. The van der Waals surface area contributed by atoms with Crippen LogP contribution in [0.5, 0.6) is 0 Å². The van der Waals surface area contributed by atoms with E-state index in [1.807, 2.05) is 0 Å². The van der Waals surface area contributed by atoms with Gasteiger partial charge in [0.25, 0.3) is 0 Å². The van der Waals surface area contributed by atoms with E-state index in [9.17, 15) is 0 Å². The van der Waals surface area contributed by atoms with Gasteiger partial charge in [0.05, 0.1) is 22.8 Å². The molecule has 0 radical (unpaired) electrons. The van der Waals surface area contributed by atoms with E-state index in [-0.39, 0.29) is 0 Å². The Labute approximate surface area is 131 Å². The first-order valence-electron chi connectivity index (χ1n) is 7.49. The normalized spacial score (nSPS) is 19.8. The van der Waals surface area contributed by atoms with Crippen LogP contribution in [0.3, 0.4) is 0 Å². The third-order valence-electron chi connectivity index (χ3n) is 4.79. The molecule has 2 heterocycles. The molecule has 112 valence electrons. The molecule has 2 aliphatic heterocycles. The average Bonchev–Trinajstić information content (AvgIpc) is 2.94. The molecule has 0 N–H and O–H groups in total. The second-order valence-electron chi connectivity index (χ2n) is 5.83. The van der Waals surface area contributed by atoms with Crippen LogP contribution in [-0.2, 0) is 0 Å². The fourth-order valence-electron chi connectivity index (χ4n) is 3.45. The van der Waals surface area contributed by atoms with Gasteiger partial charge in [-0.1, -0.05) is 36.4 Å². The summed E-state index contributed by atoms with van der Waals surface area (Å²) in [4.78, 5) is 0. The Morgan fingerprint density at radius 3 is 1.27 bits per heavy atom. The van der Waals surface area contributed by atoms with Crippen molar-refractivity contribution < 1.29 is 0 Å². The molecule has 4 nitrogen and oxygen atoms in total. The lowest BCUT2D eigenvalue weighted by Gasteiger charge is -2.29. The summed E-state index contributed by atoms with van der Waals surface area (Å²) in [5.41, 5.74) is 7.54. The molecule has 0 fully saturated rings. The molecule has 0 atom stereocenters. The summed E-state index contributed by atoms with van der Waals surface area (Å²) in [7, 11) is 8.46. The Morgan fingerprint density at radius 1 is 0.500 bits per heavy atom. The maximum Gasteiger partial charge on any atom is 0.0923 e. The minimum Gasteiger partial charge on any atom is -0.288 e. The summed E-state index contributed by atoms with van der Waals surface area (Å²) in [6.07, 6.45) is 0. The van der Waals surface area contributed by atoms with Gasteiger partial charge < -0.3 is 0 Å². The van der Waals surface area contributed by atoms with Gasteiger partial charge in [-0.15, -0.1) is 0 Å². The molecule has 0 aliphatic carbocycles. The summed E-state index contributed by atoms with van der Waals surface area (Å²) < 4.78 is 0. The molecule has 2 aliphatic rings. The van der Waals surface area contributed by atoms with Gasteiger partial charge in [-0.2, -0.15) is 0 Å². The van der Waals surface area contributed by atoms with Gasteiger partial charge in [0.2, 0.25) is 0 Å². The summed E-state index contributed by atoms with van der Waals surface area (Å²) in [6.45, 7) is 0.